The molecule has 34 heavy (non-hydrogen) atoms. The van der Waals surface area contributed by atoms with Crippen molar-refractivity contribution in [2.45, 2.75) is 18.1 Å². The van der Waals surface area contributed by atoms with E-state index in [0.29, 0.717) is 32.4 Å². The summed E-state index contributed by atoms with van der Waals surface area (Å²) in [6.45, 7) is 4.48. The van der Waals surface area contributed by atoms with Gasteiger partial charge >= 0.3 is 6.03 Å². The number of carbonyl (C=O) groups excluding carboxylic acids is 1. The van der Waals surface area contributed by atoms with E-state index < -0.39 is 16.1 Å². The molecule has 0 aliphatic rings. The number of hydrogen-bond acceptors (Lipinski definition) is 7. The van der Waals surface area contributed by atoms with E-state index in [1.165, 1.54) is 16.7 Å². The van der Waals surface area contributed by atoms with E-state index in [1.54, 1.807) is 37.3 Å². The van der Waals surface area contributed by atoms with E-state index >= 15 is 0 Å². The molecule has 0 atom stereocenters. The minimum absolute atomic E-state index is 0.0701. The average molecular weight is 518 g/mol. The van der Waals surface area contributed by atoms with Crippen molar-refractivity contribution in [2.75, 3.05) is 17.2 Å². The molecule has 0 saturated carbocycles. The Morgan fingerprint density at radius 3 is 2.44 bits per heavy atom. The summed E-state index contributed by atoms with van der Waals surface area (Å²) in [5.74, 6) is 0.505. The summed E-state index contributed by atoms with van der Waals surface area (Å²) in [5.41, 5.74) is 2.16. The number of anilines is 2. The molecule has 4 rings (SSSR count). The molecule has 2 aromatic heterocycles. The van der Waals surface area contributed by atoms with Crippen LogP contribution in [0.5, 0.6) is 0 Å². The van der Waals surface area contributed by atoms with Crippen molar-refractivity contribution in [1.82, 2.24) is 14.3 Å². The molecule has 0 unspecified atom stereocenters. The second-order valence-electron chi connectivity index (χ2n) is 7.23. The Hall–Kier alpha value is -3.41. The zero-order valence-electron chi connectivity index (χ0n) is 18.1. The van der Waals surface area contributed by atoms with E-state index in [9.17, 15) is 18.0 Å². The van der Waals surface area contributed by atoms with Gasteiger partial charge in [-0.3, -0.25) is 9.36 Å². The zero-order chi connectivity index (χ0) is 24.5. The summed E-state index contributed by atoms with van der Waals surface area (Å²) in [7, 11) is -4.04. The maximum Gasteiger partial charge on any atom is 0.333 e. The first-order chi connectivity index (χ1) is 16.2. The number of amides is 2. The van der Waals surface area contributed by atoms with Crippen LogP contribution in [0.15, 0.2) is 63.6 Å². The number of halogens is 1. The molecule has 3 N–H and O–H groups in total. The number of urea groups is 1. The Morgan fingerprint density at radius 2 is 1.79 bits per heavy atom. The highest BCUT2D eigenvalue weighted by molar-refractivity contribution is 7.92. The van der Waals surface area contributed by atoms with Crippen LogP contribution in [0.1, 0.15) is 12.7 Å². The third-order valence-corrected chi connectivity index (χ3v) is 7.90. The lowest BCUT2D eigenvalue weighted by Crippen LogP contribution is -2.33. The SMILES string of the molecule is CCNc1ccc2c(=O)n(-c3ccc(NC(=O)NS(=O)(=O)c4ccc(Cl)s4)cc3)c(C)nc2c1. The number of carbonyl (C=O) groups is 1. The number of thiophene rings is 1. The van der Waals surface area contributed by atoms with Crippen LogP contribution in [-0.2, 0) is 10.0 Å². The molecule has 0 spiro atoms. The summed E-state index contributed by atoms with van der Waals surface area (Å²) < 4.78 is 28.1. The van der Waals surface area contributed by atoms with Gasteiger partial charge in [0.15, 0.2) is 0 Å². The quantitative estimate of drug-likeness (QED) is 0.349. The van der Waals surface area contributed by atoms with Crippen LogP contribution >= 0.6 is 22.9 Å². The van der Waals surface area contributed by atoms with Crippen LogP contribution in [0, 0.1) is 6.92 Å². The fourth-order valence-corrected chi connectivity index (χ4v) is 5.77. The van der Waals surface area contributed by atoms with Crippen LogP contribution < -0.4 is 20.9 Å². The van der Waals surface area contributed by atoms with Gasteiger partial charge in [0.25, 0.3) is 15.6 Å². The van der Waals surface area contributed by atoms with Crippen LogP contribution in [-0.4, -0.2) is 30.5 Å². The summed E-state index contributed by atoms with van der Waals surface area (Å²) in [4.78, 5) is 29.9. The largest absolute Gasteiger partial charge is 0.385 e. The highest BCUT2D eigenvalue weighted by atomic mass is 35.5. The monoisotopic (exact) mass is 517 g/mol. The maximum atomic E-state index is 13.1. The van der Waals surface area contributed by atoms with Gasteiger partial charge < -0.3 is 10.6 Å². The highest BCUT2D eigenvalue weighted by Crippen LogP contribution is 2.25. The summed E-state index contributed by atoms with van der Waals surface area (Å²) in [6, 6.07) is 13.6. The Kier molecular flexibility index (Phi) is 6.60. The van der Waals surface area contributed by atoms with E-state index in [0.717, 1.165) is 23.6 Å². The standard InChI is InChI=1S/C22H20ClN5O4S2/c1-3-24-15-6-9-17-18(12-15)25-13(2)28(21(17)29)16-7-4-14(5-8-16)26-22(30)27-34(31,32)20-11-10-19(23)33-20/h4-12,24H,3H2,1-2H3,(H2,26,27,30). The van der Waals surface area contributed by atoms with Crippen molar-refractivity contribution in [1.29, 1.82) is 0 Å². The van der Waals surface area contributed by atoms with Crippen molar-refractivity contribution in [3.8, 4) is 5.69 Å². The number of aryl methyl sites for hydroxylation is 1. The zero-order valence-corrected chi connectivity index (χ0v) is 20.5. The van der Waals surface area contributed by atoms with E-state index in [4.69, 9.17) is 11.6 Å². The van der Waals surface area contributed by atoms with Gasteiger partial charge in [0.05, 0.1) is 20.9 Å². The molecule has 12 heteroatoms. The molecule has 0 bridgehead atoms. The molecule has 2 heterocycles. The van der Waals surface area contributed by atoms with Crippen LogP contribution in [0.3, 0.4) is 0 Å². The molecule has 0 aliphatic carbocycles. The second kappa shape index (κ2) is 9.45. The van der Waals surface area contributed by atoms with Gasteiger partial charge in [0.1, 0.15) is 10.0 Å². The molecular weight excluding hydrogens is 498 g/mol. The van der Waals surface area contributed by atoms with Gasteiger partial charge in [-0.2, -0.15) is 0 Å². The van der Waals surface area contributed by atoms with E-state index in [-0.39, 0.29) is 9.77 Å². The second-order valence-corrected chi connectivity index (χ2v) is 10.9. The van der Waals surface area contributed by atoms with Crippen LogP contribution in [0.2, 0.25) is 4.34 Å². The fraction of sp³-hybridized carbons (Fsp3) is 0.136. The lowest BCUT2D eigenvalue weighted by molar-refractivity contribution is 0.256. The summed E-state index contributed by atoms with van der Waals surface area (Å²) in [5, 5.41) is 6.14. The Morgan fingerprint density at radius 1 is 1.09 bits per heavy atom. The van der Waals surface area contributed by atoms with Crippen molar-refractivity contribution < 1.29 is 13.2 Å². The third-order valence-electron chi connectivity index (χ3n) is 4.84. The topological polar surface area (TPSA) is 122 Å². The normalized spacial score (nSPS) is 11.4. The Labute approximate surface area is 204 Å². The van der Waals surface area contributed by atoms with Crippen LogP contribution in [0.4, 0.5) is 16.2 Å². The number of benzene rings is 2. The molecule has 0 fully saturated rings. The minimum atomic E-state index is -4.04. The number of rotatable bonds is 6. The summed E-state index contributed by atoms with van der Waals surface area (Å²) >= 11 is 6.61. The summed E-state index contributed by atoms with van der Waals surface area (Å²) in [6.07, 6.45) is 0. The van der Waals surface area contributed by atoms with Gasteiger partial charge in [-0.1, -0.05) is 11.6 Å². The number of nitrogens with one attached hydrogen (secondary N) is 3. The Bertz CT molecular complexity index is 1550. The molecule has 0 saturated heterocycles. The van der Waals surface area contributed by atoms with Crippen molar-refractivity contribution in [3.05, 3.63) is 75.1 Å². The third kappa shape index (κ3) is 4.91. The van der Waals surface area contributed by atoms with Crippen LogP contribution in [0.25, 0.3) is 16.6 Å². The molecule has 2 aromatic carbocycles. The average Bonchev–Trinajstić information content (AvgIpc) is 3.22. The van der Waals surface area contributed by atoms with E-state index in [1.807, 2.05) is 23.8 Å². The lowest BCUT2D eigenvalue weighted by Gasteiger charge is -2.13. The van der Waals surface area contributed by atoms with Gasteiger partial charge in [0.2, 0.25) is 0 Å². The van der Waals surface area contributed by atoms with Gasteiger partial charge in [-0.05, 0) is 68.4 Å². The molecule has 2 amide bonds. The fourth-order valence-electron chi connectivity index (χ4n) is 3.38. The van der Waals surface area contributed by atoms with E-state index in [2.05, 4.69) is 15.6 Å². The Balaban J connectivity index is 1.55. The maximum absolute atomic E-state index is 13.1. The van der Waals surface area contributed by atoms with Gasteiger partial charge in [-0.15, -0.1) is 11.3 Å². The molecule has 0 radical (unpaired) electrons. The van der Waals surface area contributed by atoms with Gasteiger partial charge in [-0.25, -0.2) is 22.9 Å². The predicted molar refractivity (Wildman–Crippen MR) is 135 cm³/mol. The molecule has 9 nitrogen and oxygen atoms in total. The number of sulfonamides is 1. The molecule has 176 valence electrons. The first kappa shape index (κ1) is 23.7. The van der Waals surface area contributed by atoms with Crippen molar-refractivity contribution in [2.24, 2.45) is 0 Å². The van der Waals surface area contributed by atoms with Crippen molar-refractivity contribution in [3.63, 3.8) is 0 Å². The number of nitrogens with zero attached hydrogens (tertiary/aromatic N) is 2. The lowest BCUT2D eigenvalue weighted by atomic mass is 10.2. The first-order valence-electron chi connectivity index (χ1n) is 10.1. The number of hydrogen-bond donors (Lipinski definition) is 3. The number of fused-ring (bicyclic) bond motifs is 1. The smallest absolute Gasteiger partial charge is 0.333 e. The molecule has 4 aromatic rings. The number of aromatic nitrogens is 2. The highest BCUT2D eigenvalue weighted by Gasteiger charge is 2.20. The molecular formula is C22H20ClN5O4S2. The molecule has 0 aliphatic heterocycles. The van der Waals surface area contributed by atoms with Gasteiger partial charge in [0, 0.05) is 17.9 Å². The van der Waals surface area contributed by atoms with Crippen molar-refractivity contribution >= 4 is 61.3 Å². The minimum Gasteiger partial charge on any atom is -0.385 e. The predicted octanol–water partition coefficient (Wildman–Crippen LogP) is 4.35. The first-order valence-corrected chi connectivity index (χ1v) is 12.8.